The summed E-state index contributed by atoms with van der Waals surface area (Å²) in [4.78, 5) is 0. The van der Waals surface area contributed by atoms with E-state index in [1.165, 1.54) is 12.4 Å². The fraction of sp³-hybridized carbons (Fsp3) is 0.667. The van der Waals surface area contributed by atoms with E-state index in [0.29, 0.717) is 4.74 Å². The molecule has 0 saturated heterocycles. The Morgan fingerprint density at radius 3 is 2.27 bits per heavy atom. The average molecular weight is 160 g/mol. The molecule has 5 nitrogen and oxygen atoms in total. The summed E-state index contributed by atoms with van der Waals surface area (Å²) in [6, 6.07) is 0. The maximum absolute atomic E-state index is 9.30. The molecule has 0 spiro atoms. The van der Waals surface area contributed by atoms with E-state index < -0.39 is 11.8 Å². The van der Waals surface area contributed by atoms with Crippen LogP contribution in [0.5, 0.6) is 0 Å². The topological polar surface area (TPSA) is 66.7 Å². The Hall–Kier alpha value is -1.10. The standard InChI is InChI=1S/C6H12N2O3/c1-6(2)5(9)7(10)3-4-8(6)11/h3-5,9-11H,1-2H3/q+2. The van der Waals surface area contributed by atoms with Crippen molar-refractivity contribution in [2.24, 2.45) is 0 Å². The number of aliphatic hydroxyl groups is 1. The Bertz CT molecular complexity index is 232. The number of aliphatic hydroxyl groups excluding tert-OH is 1. The minimum Gasteiger partial charge on any atom is -0.328 e. The summed E-state index contributed by atoms with van der Waals surface area (Å²) in [5, 5.41) is 27.5. The average Bonchev–Trinajstić information content (AvgIpc) is 1.95. The highest BCUT2D eigenvalue weighted by Crippen LogP contribution is 2.14. The van der Waals surface area contributed by atoms with Crippen LogP contribution in [0.2, 0.25) is 0 Å². The van der Waals surface area contributed by atoms with Crippen LogP contribution in [0, 0.1) is 0 Å². The molecule has 1 atom stereocenters. The molecule has 1 aliphatic heterocycles. The van der Waals surface area contributed by atoms with Crippen LogP contribution in [0.15, 0.2) is 0 Å². The van der Waals surface area contributed by atoms with Gasteiger partial charge >= 0.3 is 6.23 Å². The van der Waals surface area contributed by atoms with E-state index in [4.69, 9.17) is 5.21 Å². The molecule has 0 aliphatic carbocycles. The van der Waals surface area contributed by atoms with Crippen molar-refractivity contribution in [3.8, 4) is 0 Å². The fourth-order valence-electron chi connectivity index (χ4n) is 0.847. The third-order valence-corrected chi connectivity index (χ3v) is 1.83. The van der Waals surface area contributed by atoms with Gasteiger partial charge in [-0.3, -0.25) is 10.4 Å². The molecule has 0 bridgehead atoms. The molecule has 1 unspecified atom stereocenters. The van der Waals surface area contributed by atoms with Crippen LogP contribution in [-0.4, -0.2) is 49.2 Å². The van der Waals surface area contributed by atoms with Crippen molar-refractivity contribution in [3.05, 3.63) is 0 Å². The van der Waals surface area contributed by atoms with Gasteiger partial charge in [-0.15, -0.1) is 0 Å². The summed E-state index contributed by atoms with van der Waals surface area (Å²) in [5.74, 6) is 0. The van der Waals surface area contributed by atoms with Gasteiger partial charge in [0.2, 0.25) is 0 Å². The van der Waals surface area contributed by atoms with Crippen LogP contribution >= 0.6 is 0 Å². The summed E-state index contributed by atoms with van der Waals surface area (Å²) in [6.07, 6.45) is 1.32. The van der Waals surface area contributed by atoms with Gasteiger partial charge in [-0.2, -0.15) is 0 Å². The predicted molar refractivity (Wildman–Crippen MR) is 36.3 cm³/mol. The Labute approximate surface area is 64.1 Å². The fourth-order valence-corrected chi connectivity index (χ4v) is 0.847. The zero-order chi connectivity index (χ0) is 8.65. The Morgan fingerprint density at radius 2 is 1.82 bits per heavy atom. The number of hydroxylamine groups is 2. The molecule has 0 saturated carbocycles. The van der Waals surface area contributed by atoms with Crippen molar-refractivity contribution in [1.82, 2.24) is 0 Å². The van der Waals surface area contributed by atoms with Gasteiger partial charge in [0.05, 0.1) is 0 Å². The second kappa shape index (κ2) is 2.20. The van der Waals surface area contributed by atoms with Crippen LogP contribution < -0.4 is 0 Å². The van der Waals surface area contributed by atoms with E-state index in [0.717, 1.165) is 4.74 Å². The molecule has 0 aromatic carbocycles. The monoisotopic (exact) mass is 160 g/mol. The van der Waals surface area contributed by atoms with E-state index in [1.807, 2.05) is 0 Å². The Balaban J connectivity index is 3.03. The van der Waals surface area contributed by atoms with Crippen LogP contribution in [0.25, 0.3) is 0 Å². The SMILES string of the molecule is CC1(C)C(O)[N+](O)=CC=[N+]1O. The Morgan fingerprint density at radius 1 is 1.27 bits per heavy atom. The van der Waals surface area contributed by atoms with E-state index in [-0.39, 0.29) is 0 Å². The summed E-state index contributed by atoms with van der Waals surface area (Å²) < 4.78 is 1.50. The summed E-state index contributed by atoms with van der Waals surface area (Å²) >= 11 is 0. The predicted octanol–water partition coefficient (Wildman–Crippen LogP) is -0.958. The van der Waals surface area contributed by atoms with Crippen molar-refractivity contribution in [2.75, 3.05) is 0 Å². The van der Waals surface area contributed by atoms with Gasteiger partial charge in [0.15, 0.2) is 0 Å². The number of hydrogen-bond donors (Lipinski definition) is 3. The van der Waals surface area contributed by atoms with Gasteiger partial charge in [0, 0.05) is 18.6 Å². The van der Waals surface area contributed by atoms with E-state index in [1.54, 1.807) is 13.8 Å². The molecule has 5 heteroatoms. The highest BCUT2D eigenvalue weighted by atomic mass is 16.5. The number of rotatable bonds is 0. The maximum Gasteiger partial charge on any atom is 0.371 e. The molecular weight excluding hydrogens is 148 g/mol. The maximum atomic E-state index is 9.30. The van der Waals surface area contributed by atoms with Gasteiger partial charge in [-0.05, 0) is 4.74 Å². The minimum absolute atomic E-state index is 0.646. The first kappa shape index (κ1) is 8.00. The Kier molecular flexibility index (Phi) is 1.60. The van der Waals surface area contributed by atoms with Crippen LogP contribution in [-0.2, 0) is 0 Å². The van der Waals surface area contributed by atoms with Gasteiger partial charge in [-0.25, -0.2) is 0 Å². The van der Waals surface area contributed by atoms with Gasteiger partial charge in [0.25, 0.3) is 18.0 Å². The normalized spacial score (nSPS) is 29.2. The number of nitrogens with zero attached hydrogens (tertiary/aromatic N) is 2. The molecule has 11 heavy (non-hydrogen) atoms. The van der Waals surface area contributed by atoms with Crippen molar-refractivity contribution in [3.63, 3.8) is 0 Å². The molecular formula is C6H12N2O3+2. The summed E-state index contributed by atoms with van der Waals surface area (Å²) in [7, 11) is 0. The van der Waals surface area contributed by atoms with Gasteiger partial charge in [0.1, 0.15) is 0 Å². The van der Waals surface area contributed by atoms with Crippen molar-refractivity contribution in [1.29, 1.82) is 0 Å². The lowest BCUT2D eigenvalue weighted by Crippen LogP contribution is -2.54. The van der Waals surface area contributed by atoms with Gasteiger partial charge in [-0.1, -0.05) is 0 Å². The molecule has 0 aromatic heterocycles. The van der Waals surface area contributed by atoms with E-state index in [2.05, 4.69) is 0 Å². The molecule has 0 fully saturated rings. The number of hydrogen-bond acceptors (Lipinski definition) is 3. The molecule has 0 amide bonds. The van der Waals surface area contributed by atoms with Crippen molar-refractivity contribution < 1.29 is 25.0 Å². The third-order valence-electron chi connectivity index (χ3n) is 1.83. The molecule has 1 aliphatic rings. The molecule has 1 heterocycles. The highest BCUT2D eigenvalue weighted by molar-refractivity contribution is 6.10. The van der Waals surface area contributed by atoms with Crippen molar-refractivity contribution >= 4 is 12.4 Å². The van der Waals surface area contributed by atoms with Crippen molar-refractivity contribution in [2.45, 2.75) is 25.6 Å². The lowest BCUT2D eigenvalue weighted by atomic mass is 10.0. The van der Waals surface area contributed by atoms with Crippen LogP contribution in [0.3, 0.4) is 0 Å². The van der Waals surface area contributed by atoms with Crippen LogP contribution in [0.1, 0.15) is 13.8 Å². The minimum atomic E-state index is -1.13. The highest BCUT2D eigenvalue weighted by Gasteiger charge is 2.51. The van der Waals surface area contributed by atoms with Crippen LogP contribution in [0.4, 0.5) is 0 Å². The molecule has 0 radical (unpaired) electrons. The largest absolute Gasteiger partial charge is 0.371 e. The quantitative estimate of drug-likeness (QED) is 0.316. The zero-order valence-corrected chi connectivity index (χ0v) is 6.47. The first-order valence-corrected chi connectivity index (χ1v) is 3.28. The second-order valence-corrected chi connectivity index (χ2v) is 3.05. The molecule has 3 N–H and O–H groups in total. The third kappa shape index (κ3) is 1.07. The zero-order valence-electron chi connectivity index (χ0n) is 6.47. The van der Waals surface area contributed by atoms with E-state index >= 15 is 0 Å². The molecule has 62 valence electrons. The van der Waals surface area contributed by atoms with E-state index in [9.17, 15) is 10.3 Å². The second-order valence-electron chi connectivity index (χ2n) is 3.05. The summed E-state index contributed by atoms with van der Waals surface area (Å²) in [5.41, 5.74) is -0.899. The molecule has 1 rings (SSSR count). The van der Waals surface area contributed by atoms with Gasteiger partial charge < -0.3 is 5.11 Å². The lowest BCUT2D eigenvalue weighted by Gasteiger charge is -2.18. The lowest BCUT2D eigenvalue weighted by molar-refractivity contribution is -0.905. The first-order valence-electron chi connectivity index (χ1n) is 3.28. The molecule has 0 aromatic rings. The first-order chi connectivity index (χ1) is 4.96. The smallest absolute Gasteiger partial charge is 0.328 e. The summed E-state index contributed by atoms with van der Waals surface area (Å²) in [6.45, 7) is 3.20.